The minimum absolute atomic E-state index is 0.984. The maximum Gasteiger partial charge on any atom is 0.0387 e. The number of hydrogen-bond acceptors (Lipinski definition) is 0. The molecule has 38 valence electrons. The molecule has 0 unspecified atom stereocenters. The number of alkyl halides is 1. The van der Waals surface area contributed by atoms with Crippen molar-refractivity contribution in [3.8, 4) is 0 Å². The van der Waals surface area contributed by atoms with Gasteiger partial charge in [0.15, 0.2) is 0 Å². The van der Waals surface area contributed by atoms with Gasteiger partial charge >= 0.3 is 0 Å². The quantitative estimate of drug-likeness (QED) is 0.556. The number of rotatable bonds is 3. The van der Waals surface area contributed by atoms with Gasteiger partial charge in [0.25, 0.3) is 0 Å². The van der Waals surface area contributed by atoms with Crippen LogP contribution in [0.1, 0.15) is 38.4 Å². The molecule has 0 aromatic rings. The van der Waals surface area contributed by atoms with E-state index < -0.39 is 31.3 Å². The normalized spacial score (nSPS) is 40.5. The van der Waals surface area contributed by atoms with Gasteiger partial charge in [-0.05, 0) is 6.37 Å². The van der Waals surface area contributed by atoms with E-state index in [1.807, 2.05) is 0 Å². The molecule has 0 aliphatic rings. The zero-order valence-corrected chi connectivity index (χ0v) is 4.67. The highest BCUT2D eigenvalue weighted by Gasteiger charge is 1.76. The maximum absolute atomic E-state index is 7.31. The minimum atomic E-state index is -3.12. The highest BCUT2D eigenvalue weighted by atomic mass is 79.9. The molecule has 0 aromatic heterocycles. The van der Waals surface area contributed by atoms with Crippen molar-refractivity contribution in [3.63, 3.8) is 0 Å². The van der Waals surface area contributed by atoms with Crippen molar-refractivity contribution in [3.05, 3.63) is 0 Å². The van der Waals surface area contributed by atoms with Gasteiger partial charge < -0.3 is 0 Å². The zero-order chi connectivity index (χ0) is 12.7. The average Bonchev–Trinajstić information content (AvgIpc) is 2.01. The van der Waals surface area contributed by atoms with Crippen molar-refractivity contribution >= 4 is 15.9 Å². The fourth-order valence-electron chi connectivity index (χ4n) is 0.0678. The molecule has 0 aromatic carbocycles. The van der Waals surface area contributed by atoms with E-state index in [9.17, 15) is 0 Å². The largest absolute Gasteiger partial charge is 0.0928 e. The first-order valence-electron chi connectivity index (χ1n) is 6.00. The van der Waals surface area contributed by atoms with Gasteiger partial charge in [-0.25, -0.2) is 0 Å². The van der Waals surface area contributed by atoms with Gasteiger partial charge in [0.05, 0.1) is 0 Å². The predicted molar refractivity (Wildman–Crippen MR) is 33.3 cm³/mol. The van der Waals surface area contributed by atoms with Crippen LogP contribution in [0.3, 0.4) is 0 Å². The van der Waals surface area contributed by atoms with Crippen LogP contribution < -0.4 is 0 Å². The van der Waals surface area contributed by atoms with E-state index in [0.717, 1.165) is 0 Å². The van der Waals surface area contributed by atoms with Crippen molar-refractivity contribution < 1.29 is 12.3 Å². The molecule has 0 fully saturated rings. The highest BCUT2D eigenvalue weighted by Crippen LogP contribution is 1.95. The highest BCUT2D eigenvalue weighted by molar-refractivity contribution is 9.09. The molecule has 6 heavy (non-hydrogen) atoms. The van der Waals surface area contributed by atoms with Crippen molar-refractivity contribution in [2.24, 2.45) is 0 Å². The summed E-state index contributed by atoms with van der Waals surface area (Å²) in [5.41, 5.74) is 0. The first-order chi connectivity index (χ1) is 6.31. The van der Waals surface area contributed by atoms with Gasteiger partial charge in [0.1, 0.15) is 0 Å². The standard InChI is InChI=1S/C5H11Br/c1-2-3-4-5-6/h2-5H2,1H3/i1D,2D2,3D2,4D2,5D2. The summed E-state index contributed by atoms with van der Waals surface area (Å²) in [5.74, 6) is 0. The Kier molecular flexibility index (Phi) is 0.848. The van der Waals surface area contributed by atoms with Crippen LogP contribution in [0.5, 0.6) is 0 Å². The molecule has 0 spiro atoms. The second kappa shape index (κ2) is 5.48. The molecule has 0 atom stereocenters. The Hall–Kier alpha value is 0.480. The molecule has 0 bridgehead atoms. The van der Waals surface area contributed by atoms with Gasteiger partial charge in [0, 0.05) is 17.6 Å². The molecule has 0 aliphatic carbocycles. The molecule has 1 heteroatoms. The van der Waals surface area contributed by atoms with Gasteiger partial charge in [0.2, 0.25) is 0 Å². The third-order valence-electron chi connectivity index (χ3n) is 0.198. The minimum Gasteiger partial charge on any atom is -0.0928 e. The summed E-state index contributed by atoms with van der Waals surface area (Å²) < 4.78 is 64.6. The smallest absolute Gasteiger partial charge is 0.0387 e. The molecule has 0 saturated heterocycles. The Labute approximate surface area is 60.7 Å². The molecule has 0 heterocycles. The Morgan fingerprint density at radius 1 is 1.83 bits per heavy atom. The maximum atomic E-state index is 7.31. The lowest BCUT2D eigenvalue weighted by Gasteiger charge is -1.85. The molecular weight excluding hydrogens is 140 g/mol. The first-order valence-corrected chi connectivity index (χ1v) is 2.09. The van der Waals surface area contributed by atoms with Gasteiger partial charge in [-0.15, -0.1) is 0 Å². The molecular formula is C5H11Br. The molecule has 0 N–H and O–H groups in total. The lowest BCUT2D eigenvalue weighted by molar-refractivity contribution is 0.781. The fourth-order valence-corrected chi connectivity index (χ4v) is 0.167. The molecule has 0 nitrogen and oxygen atoms in total. The van der Waals surface area contributed by atoms with E-state index in [4.69, 9.17) is 12.3 Å². The van der Waals surface area contributed by atoms with Crippen LogP contribution in [0.4, 0.5) is 0 Å². The van der Waals surface area contributed by atoms with Crippen molar-refractivity contribution in [1.82, 2.24) is 0 Å². The lowest BCUT2D eigenvalue weighted by Crippen LogP contribution is -1.70. The van der Waals surface area contributed by atoms with Crippen molar-refractivity contribution in [1.29, 1.82) is 0 Å². The first kappa shape index (κ1) is 0.928. The van der Waals surface area contributed by atoms with Gasteiger partial charge in [-0.3, -0.25) is 0 Å². The third-order valence-corrected chi connectivity index (χ3v) is 0.396. The van der Waals surface area contributed by atoms with Gasteiger partial charge in [-0.2, -0.15) is 0 Å². The van der Waals surface area contributed by atoms with E-state index in [1.165, 1.54) is 0 Å². The van der Waals surface area contributed by atoms with Crippen LogP contribution in [0.25, 0.3) is 0 Å². The Balaban J connectivity index is 5.38. The summed E-state index contributed by atoms with van der Waals surface area (Å²) in [7, 11) is 0. The van der Waals surface area contributed by atoms with E-state index in [-0.39, 0.29) is 0 Å². The molecule has 0 saturated carbocycles. The van der Waals surface area contributed by atoms with Gasteiger partial charge in [-0.1, -0.05) is 35.6 Å². The molecule has 0 radical (unpaired) electrons. The predicted octanol–water partition coefficient (Wildman–Crippen LogP) is 2.57. The summed E-state index contributed by atoms with van der Waals surface area (Å²) in [4.78, 5) is 0. The SMILES string of the molecule is [2H]CC([2H])([2H])C([2H])([2H])C([2H])([2H])C([2H])([2H])Br. The molecule has 0 aliphatic heterocycles. The summed E-state index contributed by atoms with van der Waals surface area (Å²) in [6, 6.07) is 0. The van der Waals surface area contributed by atoms with Crippen LogP contribution in [0.2, 0.25) is 0 Å². The van der Waals surface area contributed by atoms with Crippen molar-refractivity contribution in [2.45, 2.75) is 26.0 Å². The van der Waals surface area contributed by atoms with Crippen LogP contribution in [0.15, 0.2) is 0 Å². The zero-order valence-electron chi connectivity index (χ0n) is 12.1. The molecule has 0 rings (SSSR count). The van der Waals surface area contributed by atoms with Crippen LogP contribution in [-0.2, 0) is 0 Å². The summed E-state index contributed by atoms with van der Waals surface area (Å²) in [5, 5.41) is -2.72. The third kappa shape index (κ3) is 4.48. The Morgan fingerprint density at radius 3 is 3.17 bits per heavy atom. The van der Waals surface area contributed by atoms with Crippen LogP contribution >= 0.6 is 15.9 Å². The van der Waals surface area contributed by atoms with E-state index in [1.54, 1.807) is 0 Å². The summed E-state index contributed by atoms with van der Waals surface area (Å²) in [6.45, 7) is -0.984. The molecule has 0 amide bonds. The Bertz CT molecular complexity index is 229. The number of halogens is 1. The summed E-state index contributed by atoms with van der Waals surface area (Å²) in [6.07, 6.45) is -8.98. The van der Waals surface area contributed by atoms with Crippen molar-refractivity contribution in [2.75, 3.05) is 5.28 Å². The van der Waals surface area contributed by atoms with E-state index in [0.29, 0.717) is 0 Å². The van der Waals surface area contributed by atoms with E-state index >= 15 is 0 Å². The van der Waals surface area contributed by atoms with E-state index in [2.05, 4.69) is 15.9 Å². The fraction of sp³-hybridized carbons (Fsp3) is 1.00. The number of hydrogen-bond donors (Lipinski definition) is 0. The second-order valence-electron chi connectivity index (χ2n) is 0.521. The monoisotopic (exact) mass is 159 g/mol. The summed E-state index contributed by atoms with van der Waals surface area (Å²) >= 11 is 2.35. The van der Waals surface area contributed by atoms with Crippen LogP contribution in [0, 0.1) is 0 Å². The topological polar surface area (TPSA) is 0 Å². The lowest BCUT2D eigenvalue weighted by atomic mass is 10.3. The second-order valence-corrected chi connectivity index (χ2v) is 0.918. The Morgan fingerprint density at radius 2 is 2.67 bits per heavy atom. The average molecular weight is 160 g/mol. The van der Waals surface area contributed by atoms with Crippen LogP contribution in [-0.4, -0.2) is 5.28 Å².